The van der Waals surface area contributed by atoms with Gasteiger partial charge in [0.05, 0.1) is 24.4 Å². The highest BCUT2D eigenvalue weighted by atomic mass is 19.1. The molecule has 5 nitrogen and oxygen atoms in total. The molecule has 1 N–H and O–H groups in total. The zero-order chi connectivity index (χ0) is 17.0. The first-order valence-corrected chi connectivity index (χ1v) is 6.92. The lowest BCUT2D eigenvalue weighted by atomic mass is 10.2. The van der Waals surface area contributed by atoms with Gasteiger partial charge in [0.1, 0.15) is 17.4 Å². The normalized spacial score (nSPS) is 11.8. The molecule has 0 radical (unpaired) electrons. The molecule has 0 saturated carbocycles. The number of nitrogens with zero attached hydrogens (tertiary/aromatic N) is 1. The highest BCUT2D eigenvalue weighted by Gasteiger charge is 2.20. The number of hydrogen-bond acceptors (Lipinski definition) is 3. The lowest BCUT2D eigenvalue weighted by Crippen LogP contribution is -2.39. The molecule has 1 aromatic carbocycles. The number of likely N-dealkylation sites (N-methyl/N-ethyl adjacent to an activating group) is 1. The van der Waals surface area contributed by atoms with Crippen molar-refractivity contribution in [3.63, 3.8) is 0 Å². The molecule has 0 aliphatic rings. The molecule has 0 fully saturated rings. The fourth-order valence-electron chi connectivity index (χ4n) is 1.99. The number of nitrogens with one attached hydrogen (secondary N) is 1. The van der Waals surface area contributed by atoms with Gasteiger partial charge in [0, 0.05) is 13.1 Å². The van der Waals surface area contributed by atoms with E-state index in [-0.39, 0.29) is 24.1 Å². The van der Waals surface area contributed by atoms with Gasteiger partial charge in [-0.3, -0.25) is 9.59 Å². The van der Waals surface area contributed by atoms with Crippen molar-refractivity contribution in [3.8, 4) is 0 Å². The predicted octanol–water partition coefficient (Wildman–Crippen LogP) is 2.51. The fraction of sp³-hybridized carbons (Fsp3) is 0.250. The second-order valence-electron chi connectivity index (χ2n) is 5.00. The average molecular weight is 322 g/mol. The standard InChI is InChI=1S/C16H16F2N2O3/c1-10(14-4-3-7-23-14)20(2)15(21)9-19-16(22)12-6-5-11(17)8-13(12)18/h3-8,10H,9H2,1-2H3,(H,19,22). The molecule has 122 valence electrons. The molecule has 0 spiro atoms. The monoisotopic (exact) mass is 322 g/mol. The third-order valence-electron chi connectivity index (χ3n) is 3.51. The van der Waals surface area contributed by atoms with E-state index in [1.807, 2.05) is 0 Å². The summed E-state index contributed by atoms with van der Waals surface area (Å²) in [7, 11) is 1.57. The van der Waals surface area contributed by atoms with Gasteiger partial charge < -0.3 is 14.6 Å². The molecule has 0 aliphatic carbocycles. The first-order valence-electron chi connectivity index (χ1n) is 6.92. The Labute approximate surface area is 131 Å². The SMILES string of the molecule is CC(c1ccco1)N(C)C(=O)CNC(=O)c1ccc(F)cc1F. The number of carbonyl (C=O) groups excluding carboxylic acids is 2. The maximum Gasteiger partial charge on any atom is 0.254 e. The topological polar surface area (TPSA) is 62.6 Å². The van der Waals surface area contributed by atoms with Crippen molar-refractivity contribution in [3.05, 3.63) is 59.6 Å². The van der Waals surface area contributed by atoms with Gasteiger partial charge in [0.15, 0.2) is 0 Å². The summed E-state index contributed by atoms with van der Waals surface area (Å²) in [5.74, 6) is -2.30. The fourth-order valence-corrected chi connectivity index (χ4v) is 1.99. The highest BCUT2D eigenvalue weighted by Crippen LogP contribution is 2.18. The Morgan fingerprint density at radius 2 is 2.04 bits per heavy atom. The third-order valence-corrected chi connectivity index (χ3v) is 3.51. The largest absolute Gasteiger partial charge is 0.467 e. The van der Waals surface area contributed by atoms with Gasteiger partial charge in [-0.2, -0.15) is 0 Å². The molecule has 1 atom stereocenters. The lowest BCUT2D eigenvalue weighted by molar-refractivity contribution is -0.131. The second kappa shape index (κ2) is 7.04. The first kappa shape index (κ1) is 16.7. The molecule has 0 aliphatic heterocycles. The molecule has 1 aromatic heterocycles. The Hall–Kier alpha value is -2.70. The minimum atomic E-state index is -0.979. The van der Waals surface area contributed by atoms with E-state index in [0.29, 0.717) is 11.8 Å². The van der Waals surface area contributed by atoms with Crippen LogP contribution in [-0.4, -0.2) is 30.3 Å². The van der Waals surface area contributed by atoms with Crippen LogP contribution in [-0.2, 0) is 4.79 Å². The van der Waals surface area contributed by atoms with Crippen LogP contribution in [0.5, 0.6) is 0 Å². The summed E-state index contributed by atoms with van der Waals surface area (Å²) >= 11 is 0. The molecule has 7 heteroatoms. The van der Waals surface area contributed by atoms with E-state index in [2.05, 4.69) is 5.32 Å². The van der Waals surface area contributed by atoms with Crippen molar-refractivity contribution in [1.82, 2.24) is 10.2 Å². The molecule has 1 unspecified atom stereocenters. The van der Waals surface area contributed by atoms with Gasteiger partial charge in [0.25, 0.3) is 5.91 Å². The zero-order valence-corrected chi connectivity index (χ0v) is 12.7. The number of amides is 2. The van der Waals surface area contributed by atoms with Crippen LogP contribution in [0.2, 0.25) is 0 Å². The maximum absolute atomic E-state index is 13.5. The first-order chi connectivity index (χ1) is 10.9. The van der Waals surface area contributed by atoms with Crippen LogP contribution in [0.1, 0.15) is 29.1 Å². The molecule has 1 heterocycles. The van der Waals surface area contributed by atoms with Crippen LogP contribution in [0.3, 0.4) is 0 Å². The van der Waals surface area contributed by atoms with E-state index >= 15 is 0 Å². The summed E-state index contributed by atoms with van der Waals surface area (Å²) in [6.07, 6.45) is 1.50. The van der Waals surface area contributed by atoms with Crippen LogP contribution in [0.15, 0.2) is 41.0 Å². The van der Waals surface area contributed by atoms with Crippen molar-refractivity contribution in [2.45, 2.75) is 13.0 Å². The Morgan fingerprint density at radius 3 is 2.65 bits per heavy atom. The number of benzene rings is 1. The molecule has 2 rings (SSSR count). The number of hydrogen-bond donors (Lipinski definition) is 1. The van der Waals surface area contributed by atoms with Gasteiger partial charge in [0.2, 0.25) is 5.91 Å². The van der Waals surface area contributed by atoms with E-state index in [1.54, 1.807) is 26.1 Å². The molecular formula is C16H16F2N2O3. The summed E-state index contributed by atoms with van der Waals surface area (Å²) in [5, 5.41) is 2.32. The minimum Gasteiger partial charge on any atom is -0.467 e. The van der Waals surface area contributed by atoms with Crippen LogP contribution in [0, 0.1) is 11.6 Å². The highest BCUT2D eigenvalue weighted by molar-refractivity contribution is 5.96. The van der Waals surface area contributed by atoms with E-state index in [9.17, 15) is 18.4 Å². The summed E-state index contributed by atoms with van der Waals surface area (Å²) in [4.78, 5) is 25.3. The summed E-state index contributed by atoms with van der Waals surface area (Å²) in [5.41, 5.74) is -0.319. The maximum atomic E-state index is 13.5. The number of furan rings is 1. The molecule has 2 aromatic rings. The summed E-state index contributed by atoms with van der Waals surface area (Å²) in [6.45, 7) is 1.47. The Bertz CT molecular complexity index is 701. The number of carbonyl (C=O) groups is 2. The van der Waals surface area contributed by atoms with E-state index < -0.39 is 17.5 Å². The minimum absolute atomic E-state index is 0.308. The summed E-state index contributed by atoms with van der Waals surface area (Å²) < 4.78 is 31.5. The van der Waals surface area contributed by atoms with Crippen molar-refractivity contribution in [2.75, 3.05) is 13.6 Å². The lowest BCUT2D eigenvalue weighted by Gasteiger charge is -2.23. The molecular weight excluding hydrogens is 306 g/mol. The number of rotatable bonds is 5. The average Bonchev–Trinajstić information content (AvgIpc) is 3.05. The predicted molar refractivity (Wildman–Crippen MR) is 78.6 cm³/mol. The van der Waals surface area contributed by atoms with Crippen molar-refractivity contribution < 1.29 is 22.8 Å². The van der Waals surface area contributed by atoms with Crippen LogP contribution in [0.4, 0.5) is 8.78 Å². The van der Waals surface area contributed by atoms with Crippen molar-refractivity contribution >= 4 is 11.8 Å². The van der Waals surface area contributed by atoms with Crippen LogP contribution >= 0.6 is 0 Å². The van der Waals surface area contributed by atoms with Crippen molar-refractivity contribution in [2.24, 2.45) is 0 Å². The Morgan fingerprint density at radius 1 is 1.30 bits per heavy atom. The molecule has 0 bridgehead atoms. The van der Waals surface area contributed by atoms with Gasteiger partial charge >= 0.3 is 0 Å². The summed E-state index contributed by atoms with van der Waals surface area (Å²) in [6, 6.07) is 5.76. The van der Waals surface area contributed by atoms with E-state index in [1.165, 1.54) is 11.2 Å². The number of halogens is 2. The Balaban J connectivity index is 1.94. The molecule has 23 heavy (non-hydrogen) atoms. The quantitative estimate of drug-likeness (QED) is 0.920. The van der Waals surface area contributed by atoms with E-state index in [4.69, 9.17) is 4.42 Å². The third kappa shape index (κ3) is 3.94. The molecule has 0 saturated heterocycles. The van der Waals surface area contributed by atoms with Gasteiger partial charge in [-0.05, 0) is 31.2 Å². The van der Waals surface area contributed by atoms with Crippen molar-refractivity contribution in [1.29, 1.82) is 0 Å². The van der Waals surface area contributed by atoms with Gasteiger partial charge in [-0.25, -0.2) is 8.78 Å². The van der Waals surface area contributed by atoms with Crippen LogP contribution in [0.25, 0.3) is 0 Å². The zero-order valence-electron chi connectivity index (χ0n) is 12.7. The van der Waals surface area contributed by atoms with Gasteiger partial charge in [-0.15, -0.1) is 0 Å². The smallest absolute Gasteiger partial charge is 0.254 e. The van der Waals surface area contributed by atoms with Crippen LogP contribution < -0.4 is 5.32 Å². The van der Waals surface area contributed by atoms with E-state index in [0.717, 1.165) is 12.1 Å². The Kier molecular flexibility index (Phi) is 5.10. The van der Waals surface area contributed by atoms with Gasteiger partial charge in [-0.1, -0.05) is 0 Å². The second-order valence-corrected chi connectivity index (χ2v) is 5.00. The molecule has 2 amide bonds.